The first-order valence-corrected chi connectivity index (χ1v) is 10.9. The van der Waals surface area contributed by atoms with Crippen molar-refractivity contribution in [3.8, 4) is 5.69 Å². The van der Waals surface area contributed by atoms with Crippen molar-refractivity contribution < 1.29 is 19.1 Å². The summed E-state index contributed by atoms with van der Waals surface area (Å²) in [7, 11) is 1.52. The zero-order chi connectivity index (χ0) is 24.1. The number of methoxy groups -OCH3 is 1. The molecular weight excluding hydrogens is 428 g/mol. The highest BCUT2D eigenvalue weighted by atomic mass is 16.6. The molecule has 2 N–H and O–H groups in total. The van der Waals surface area contributed by atoms with Crippen LogP contribution in [0.3, 0.4) is 0 Å². The lowest BCUT2D eigenvalue weighted by Gasteiger charge is -2.31. The zero-order valence-electron chi connectivity index (χ0n) is 19.2. The summed E-state index contributed by atoms with van der Waals surface area (Å²) in [5.74, 6) is -0.635. The lowest BCUT2D eigenvalue weighted by atomic mass is 9.94. The standard InChI is InChI=1S/C23H30N4O6/c1-4-15(2)18-11-16-7-8-25(23(31)33-10-9-32-3)13-19(16)27(22(18)30)17-5-6-21(29)26(12-17)14-20(24)28/h5-6,11-12,15H,4,7-10,13-14H2,1-3H3,(H2,24,28). The highest BCUT2D eigenvalue weighted by molar-refractivity contribution is 5.73. The van der Waals surface area contributed by atoms with Crippen molar-refractivity contribution in [3.63, 3.8) is 0 Å². The first kappa shape index (κ1) is 24.2. The second-order valence-electron chi connectivity index (χ2n) is 8.12. The van der Waals surface area contributed by atoms with E-state index in [1.165, 1.54) is 39.5 Å². The van der Waals surface area contributed by atoms with Gasteiger partial charge in [-0.2, -0.15) is 0 Å². The molecule has 0 radical (unpaired) electrons. The van der Waals surface area contributed by atoms with E-state index in [-0.39, 0.29) is 31.2 Å². The number of primary amides is 1. The molecule has 10 heteroatoms. The van der Waals surface area contributed by atoms with Crippen LogP contribution in [0.2, 0.25) is 0 Å². The molecule has 2 amide bonds. The maximum absolute atomic E-state index is 13.6. The van der Waals surface area contributed by atoms with Crippen molar-refractivity contribution in [3.05, 3.63) is 61.9 Å². The van der Waals surface area contributed by atoms with Gasteiger partial charge in [0.2, 0.25) is 5.91 Å². The number of hydrogen-bond donors (Lipinski definition) is 1. The third kappa shape index (κ3) is 5.33. The lowest BCUT2D eigenvalue weighted by molar-refractivity contribution is -0.118. The van der Waals surface area contributed by atoms with Crippen LogP contribution in [0, 0.1) is 0 Å². The Labute approximate surface area is 191 Å². The molecule has 1 unspecified atom stereocenters. The van der Waals surface area contributed by atoms with Crippen molar-refractivity contribution >= 4 is 12.0 Å². The van der Waals surface area contributed by atoms with E-state index in [1.54, 1.807) is 0 Å². The monoisotopic (exact) mass is 458 g/mol. The Bertz CT molecular complexity index is 1150. The highest BCUT2D eigenvalue weighted by Gasteiger charge is 2.27. The molecule has 1 aliphatic heterocycles. The summed E-state index contributed by atoms with van der Waals surface area (Å²) >= 11 is 0. The van der Waals surface area contributed by atoms with E-state index in [2.05, 4.69) is 0 Å². The van der Waals surface area contributed by atoms with Crippen molar-refractivity contribution in [1.29, 1.82) is 0 Å². The summed E-state index contributed by atoms with van der Waals surface area (Å²) in [4.78, 5) is 51.2. The van der Waals surface area contributed by atoms with Crippen LogP contribution in [0.1, 0.15) is 43.0 Å². The Morgan fingerprint density at radius 1 is 1.21 bits per heavy atom. The Balaban J connectivity index is 2.11. The fourth-order valence-corrected chi connectivity index (χ4v) is 3.88. The van der Waals surface area contributed by atoms with E-state index in [0.717, 1.165) is 12.0 Å². The molecule has 1 aliphatic rings. The fourth-order valence-electron chi connectivity index (χ4n) is 3.88. The molecular formula is C23H30N4O6. The number of pyridine rings is 2. The molecule has 0 aliphatic carbocycles. The molecule has 0 fully saturated rings. The van der Waals surface area contributed by atoms with Crippen LogP contribution in [0.15, 0.2) is 34.0 Å². The SMILES string of the molecule is CCC(C)c1cc2c(n(-c3ccc(=O)n(CC(N)=O)c3)c1=O)CN(C(=O)OCCOC)CC2. The summed E-state index contributed by atoms with van der Waals surface area (Å²) < 4.78 is 12.9. The first-order valence-electron chi connectivity index (χ1n) is 10.9. The van der Waals surface area contributed by atoms with Crippen LogP contribution in [0.5, 0.6) is 0 Å². The number of nitrogens with two attached hydrogens (primary N) is 1. The van der Waals surface area contributed by atoms with Crippen LogP contribution in [0.25, 0.3) is 5.69 Å². The molecule has 3 heterocycles. The molecule has 0 bridgehead atoms. The summed E-state index contributed by atoms with van der Waals surface area (Å²) in [6, 6.07) is 4.76. The third-order valence-corrected chi connectivity index (χ3v) is 5.88. The number of fused-ring (bicyclic) bond motifs is 1. The predicted molar refractivity (Wildman–Crippen MR) is 122 cm³/mol. The Kier molecular flexibility index (Phi) is 7.70. The number of nitrogens with zero attached hydrogens (tertiary/aromatic N) is 3. The number of aromatic nitrogens is 2. The van der Waals surface area contributed by atoms with Gasteiger partial charge in [0.1, 0.15) is 13.2 Å². The normalized spacial score (nSPS) is 14.0. The Morgan fingerprint density at radius 3 is 2.64 bits per heavy atom. The van der Waals surface area contributed by atoms with Gasteiger partial charge in [-0.1, -0.05) is 13.8 Å². The topological polar surface area (TPSA) is 126 Å². The average Bonchev–Trinajstić information content (AvgIpc) is 2.79. The van der Waals surface area contributed by atoms with Gasteiger partial charge in [0.05, 0.1) is 18.8 Å². The number of rotatable bonds is 8. The van der Waals surface area contributed by atoms with Gasteiger partial charge in [0, 0.05) is 37.2 Å². The lowest BCUT2D eigenvalue weighted by Crippen LogP contribution is -2.41. The van der Waals surface area contributed by atoms with Gasteiger partial charge in [-0.15, -0.1) is 0 Å². The van der Waals surface area contributed by atoms with E-state index >= 15 is 0 Å². The number of carbonyl (C=O) groups is 2. The van der Waals surface area contributed by atoms with E-state index in [4.69, 9.17) is 15.2 Å². The second kappa shape index (κ2) is 10.5. The summed E-state index contributed by atoms with van der Waals surface area (Å²) in [6.07, 6.45) is 2.30. The fraction of sp³-hybridized carbons (Fsp3) is 0.478. The van der Waals surface area contributed by atoms with Crippen molar-refractivity contribution in [1.82, 2.24) is 14.0 Å². The Hall–Kier alpha value is -3.40. The predicted octanol–water partition coefficient (Wildman–Crippen LogP) is 1.14. The molecule has 2 aromatic heterocycles. The van der Waals surface area contributed by atoms with Gasteiger partial charge in [-0.05, 0) is 36.5 Å². The minimum atomic E-state index is -0.665. The van der Waals surface area contributed by atoms with E-state index in [9.17, 15) is 19.2 Å². The van der Waals surface area contributed by atoms with Gasteiger partial charge in [-0.25, -0.2) is 4.79 Å². The van der Waals surface area contributed by atoms with Crippen LogP contribution in [-0.4, -0.2) is 52.9 Å². The van der Waals surface area contributed by atoms with Crippen LogP contribution in [0.4, 0.5) is 4.79 Å². The summed E-state index contributed by atoms with van der Waals surface area (Å²) in [5.41, 5.74) is 7.35. The molecule has 0 spiro atoms. The summed E-state index contributed by atoms with van der Waals surface area (Å²) in [5, 5.41) is 0. The largest absolute Gasteiger partial charge is 0.447 e. The Morgan fingerprint density at radius 2 is 1.97 bits per heavy atom. The number of ether oxygens (including phenoxy) is 2. The van der Waals surface area contributed by atoms with Gasteiger partial charge in [0.25, 0.3) is 11.1 Å². The highest BCUT2D eigenvalue weighted by Crippen LogP contribution is 2.25. The molecule has 0 saturated carbocycles. The van der Waals surface area contributed by atoms with Crippen LogP contribution >= 0.6 is 0 Å². The van der Waals surface area contributed by atoms with E-state index < -0.39 is 17.6 Å². The molecule has 0 saturated heterocycles. The molecule has 10 nitrogen and oxygen atoms in total. The molecule has 1 atom stereocenters. The first-order chi connectivity index (χ1) is 15.8. The van der Waals surface area contributed by atoms with Gasteiger partial charge < -0.3 is 24.7 Å². The molecule has 178 valence electrons. The smallest absolute Gasteiger partial charge is 0.410 e. The van der Waals surface area contributed by atoms with Gasteiger partial charge in [-0.3, -0.25) is 19.0 Å². The number of hydrogen-bond acceptors (Lipinski definition) is 6. The molecule has 2 aromatic rings. The molecule has 3 rings (SSSR count). The van der Waals surface area contributed by atoms with Crippen LogP contribution < -0.4 is 16.9 Å². The molecule has 33 heavy (non-hydrogen) atoms. The quantitative estimate of drug-likeness (QED) is 0.591. The van der Waals surface area contributed by atoms with Crippen LogP contribution in [-0.2, 0) is 33.8 Å². The van der Waals surface area contributed by atoms with E-state index in [0.29, 0.717) is 36.5 Å². The number of carbonyl (C=O) groups excluding carboxylic acids is 2. The van der Waals surface area contributed by atoms with Crippen molar-refractivity contribution in [2.45, 2.75) is 45.7 Å². The second-order valence-corrected chi connectivity index (χ2v) is 8.12. The van der Waals surface area contributed by atoms with Crippen molar-refractivity contribution in [2.24, 2.45) is 5.73 Å². The van der Waals surface area contributed by atoms with Crippen molar-refractivity contribution in [2.75, 3.05) is 26.9 Å². The zero-order valence-corrected chi connectivity index (χ0v) is 19.2. The maximum Gasteiger partial charge on any atom is 0.410 e. The maximum atomic E-state index is 13.6. The number of amides is 2. The van der Waals surface area contributed by atoms with E-state index in [1.807, 2.05) is 19.9 Å². The minimum absolute atomic E-state index is 0.0302. The minimum Gasteiger partial charge on any atom is -0.447 e. The summed E-state index contributed by atoms with van der Waals surface area (Å²) in [6.45, 7) is 4.76. The van der Waals surface area contributed by atoms with Gasteiger partial charge >= 0.3 is 6.09 Å². The third-order valence-electron chi connectivity index (χ3n) is 5.88. The van der Waals surface area contributed by atoms with Gasteiger partial charge in [0.15, 0.2) is 0 Å². The molecule has 0 aromatic carbocycles. The average molecular weight is 459 g/mol.